The third-order valence-electron chi connectivity index (χ3n) is 4.44. The smallest absolute Gasteiger partial charge is 0.417 e. The lowest BCUT2D eigenvalue weighted by Gasteiger charge is -2.12. The van der Waals surface area contributed by atoms with Crippen LogP contribution >= 0.6 is 11.6 Å². The summed E-state index contributed by atoms with van der Waals surface area (Å²) in [5.74, 6) is -1.05. The first-order valence-electron chi connectivity index (χ1n) is 9.97. The summed E-state index contributed by atoms with van der Waals surface area (Å²) in [7, 11) is 1.48. The van der Waals surface area contributed by atoms with Crippen LogP contribution in [0.15, 0.2) is 60.8 Å². The van der Waals surface area contributed by atoms with Crippen molar-refractivity contribution in [2.24, 2.45) is 0 Å². The third-order valence-corrected chi connectivity index (χ3v) is 4.77. The fourth-order valence-corrected chi connectivity index (χ4v) is 3.07. The van der Waals surface area contributed by atoms with Crippen LogP contribution in [-0.4, -0.2) is 29.8 Å². The van der Waals surface area contributed by atoms with E-state index in [4.69, 9.17) is 16.3 Å². The van der Waals surface area contributed by atoms with Gasteiger partial charge in [0.15, 0.2) is 0 Å². The maximum atomic E-state index is 12.9. The van der Waals surface area contributed by atoms with E-state index in [1.54, 1.807) is 18.2 Å². The Morgan fingerprint density at radius 2 is 1.54 bits per heavy atom. The molecule has 0 spiro atoms. The van der Waals surface area contributed by atoms with E-state index in [1.807, 2.05) is 0 Å². The van der Waals surface area contributed by atoms with Crippen LogP contribution in [0, 0.1) is 0 Å². The van der Waals surface area contributed by atoms with Gasteiger partial charge in [-0.2, -0.15) is 13.2 Å². The molecule has 3 N–H and O–H groups in total. The number of carbonyl (C=O) groups is 3. The molecule has 1 heterocycles. The highest BCUT2D eigenvalue weighted by Crippen LogP contribution is 2.36. The molecular weight excluding hydrogens is 489 g/mol. The number of alkyl halides is 3. The Morgan fingerprint density at radius 1 is 0.914 bits per heavy atom. The number of amides is 3. The zero-order valence-electron chi connectivity index (χ0n) is 18.1. The molecule has 0 saturated heterocycles. The first kappa shape index (κ1) is 25.5. The van der Waals surface area contributed by atoms with Crippen LogP contribution in [0.4, 0.5) is 24.5 Å². The number of benzene rings is 2. The number of carbonyl (C=O) groups excluding carboxylic acids is 3. The average molecular weight is 507 g/mol. The maximum absolute atomic E-state index is 12.9. The zero-order chi connectivity index (χ0) is 25.6. The molecule has 182 valence electrons. The number of pyridine rings is 1. The van der Waals surface area contributed by atoms with Gasteiger partial charge in [-0.1, -0.05) is 11.6 Å². The van der Waals surface area contributed by atoms with Crippen molar-refractivity contribution in [1.29, 1.82) is 0 Å². The van der Waals surface area contributed by atoms with E-state index in [0.29, 0.717) is 23.3 Å². The van der Waals surface area contributed by atoms with Crippen LogP contribution in [0.1, 0.15) is 22.5 Å². The standard InChI is InChI=1S/C23H18ClF3N4O4/c1-28-22(34)19-11-16(8-9-29-19)35-15-5-2-13(3-6-15)30-20(32)12-21(33)31-14-4-7-18(24)17(10-14)23(25,26)27/h2-11H,12H2,1H3,(H,28,34)(H,30,32)(H,31,33). The molecule has 8 nitrogen and oxygen atoms in total. The van der Waals surface area contributed by atoms with Gasteiger partial charge in [-0.05, 0) is 48.5 Å². The minimum absolute atomic E-state index is 0.142. The molecule has 0 radical (unpaired) electrons. The van der Waals surface area contributed by atoms with Crippen molar-refractivity contribution >= 4 is 40.7 Å². The molecule has 0 bridgehead atoms. The van der Waals surface area contributed by atoms with Gasteiger partial charge in [0.1, 0.15) is 23.6 Å². The van der Waals surface area contributed by atoms with Gasteiger partial charge in [0, 0.05) is 30.7 Å². The van der Waals surface area contributed by atoms with Gasteiger partial charge in [-0.3, -0.25) is 19.4 Å². The van der Waals surface area contributed by atoms with E-state index < -0.39 is 35.0 Å². The minimum Gasteiger partial charge on any atom is -0.457 e. The first-order chi connectivity index (χ1) is 16.5. The number of hydrogen-bond donors (Lipinski definition) is 3. The minimum atomic E-state index is -4.69. The number of ether oxygens (including phenoxy) is 1. The molecular formula is C23H18ClF3N4O4. The Labute approximate surface area is 202 Å². The van der Waals surface area contributed by atoms with Crippen LogP contribution in [0.2, 0.25) is 5.02 Å². The van der Waals surface area contributed by atoms with Crippen LogP contribution in [0.3, 0.4) is 0 Å². The number of anilines is 2. The molecule has 0 unspecified atom stereocenters. The van der Waals surface area contributed by atoms with Crippen molar-refractivity contribution < 1.29 is 32.3 Å². The van der Waals surface area contributed by atoms with Crippen molar-refractivity contribution in [3.63, 3.8) is 0 Å². The summed E-state index contributed by atoms with van der Waals surface area (Å²) in [4.78, 5) is 39.8. The molecule has 0 fully saturated rings. The second kappa shape index (κ2) is 10.9. The van der Waals surface area contributed by atoms with E-state index in [2.05, 4.69) is 20.9 Å². The predicted octanol–water partition coefficient (Wildman–Crippen LogP) is 4.87. The number of nitrogens with zero attached hydrogens (tertiary/aromatic N) is 1. The van der Waals surface area contributed by atoms with Gasteiger partial charge in [0.05, 0.1) is 10.6 Å². The van der Waals surface area contributed by atoms with Gasteiger partial charge in [-0.25, -0.2) is 0 Å². The fourth-order valence-electron chi connectivity index (χ4n) is 2.85. The summed E-state index contributed by atoms with van der Waals surface area (Å²) in [6.07, 6.45) is -3.88. The highest BCUT2D eigenvalue weighted by atomic mass is 35.5. The number of aromatic nitrogens is 1. The molecule has 3 rings (SSSR count). The van der Waals surface area contributed by atoms with Gasteiger partial charge >= 0.3 is 6.18 Å². The van der Waals surface area contributed by atoms with E-state index in [0.717, 1.165) is 6.07 Å². The Balaban J connectivity index is 1.55. The lowest BCUT2D eigenvalue weighted by atomic mass is 10.2. The summed E-state index contributed by atoms with van der Waals surface area (Å²) in [6.45, 7) is 0. The van der Waals surface area contributed by atoms with Gasteiger partial charge in [0.2, 0.25) is 11.8 Å². The van der Waals surface area contributed by atoms with E-state index in [1.165, 1.54) is 37.5 Å². The predicted molar refractivity (Wildman–Crippen MR) is 122 cm³/mol. The van der Waals surface area contributed by atoms with E-state index >= 15 is 0 Å². The van der Waals surface area contributed by atoms with Gasteiger partial charge < -0.3 is 20.7 Å². The summed E-state index contributed by atoms with van der Waals surface area (Å²) < 4.78 is 44.5. The number of halogens is 4. The molecule has 1 aromatic heterocycles. The molecule has 2 aromatic carbocycles. The van der Waals surface area contributed by atoms with Crippen molar-refractivity contribution in [3.8, 4) is 11.5 Å². The van der Waals surface area contributed by atoms with Crippen molar-refractivity contribution in [1.82, 2.24) is 10.3 Å². The first-order valence-corrected chi connectivity index (χ1v) is 10.4. The van der Waals surface area contributed by atoms with Crippen molar-refractivity contribution in [2.45, 2.75) is 12.6 Å². The summed E-state index contributed by atoms with van der Waals surface area (Å²) in [5.41, 5.74) is -0.695. The molecule has 0 saturated carbocycles. The van der Waals surface area contributed by atoms with Gasteiger partial charge in [0.25, 0.3) is 5.91 Å². The second-order valence-electron chi connectivity index (χ2n) is 7.05. The van der Waals surface area contributed by atoms with Crippen LogP contribution in [0.5, 0.6) is 11.5 Å². The van der Waals surface area contributed by atoms with E-state index in [9.17, 15) is 27.6 Å². The van der Waals surface area contributed by atoms with E-state index in [-0.39, 0.29) is 17.3 Å². The maximum Gasteiger partial charge on any atom is 0.417 e. The molecule has 0 aliphatic rings. The monoisotopic (exact) mass is 506 g/mol. The molecule has 0 aliphatic heterocycles. The SMILES string of the molecule is CNC(=O)c1cc(Oc2ccc(NC(=O)CC(=O)Nc3ccc(Cl)c(C(F)(F)F)c3)cc2)ccn1. The molecule has 0 aliphatic carbocycles. The lowest BCUT2D eigenvalue weighted by Crippen LogP contribution is -2.21. The fraction of sp³-hybridized carbons (Fsp3) is 0.130. The highest BCUT2D eigenvalue weighted by molar-refractivity contribution is 6.31. The molecule has 35 heavy (non-hydrogen) atoms. The quantitative estimate of drug-likeness (QED) is 0.396. The molecule has 12 heteroatoms. The van der Waals surface area contributed by atoms with Crippen molar-refractivity contribution in [2.75, 3.05) is 17.7 Å². The van der Waals surface area contributed by atoms with Crippen LogP contribution in [0.25, 0.3) is 0 Å². The van der Waals surface area contributed by atoms with Crippen molar-refractivity contribution in [3.05, 3.63) is 77.1 Å². The molecule has 3 aromatic rings. The Hall–Kier alpha value is -4.12. The Morgan fingerprint density at radius 3 is 2.17 bits per heavy atom. The Kier molecular flexibility index (Phi) is 7.92. The number of hydrogen-bond acceptors (Lipinski definition) is 5. The average Bonchev–Trinajstić information content (AvgIpc) is 2.80. The third kappa shape index (κ3) is 7.18. The summed E-state index contributed by atoms with van der Waals surface area (Å²) in [6, 6.07) is 12.1. The normalized spacial score (nSPS) is 10.9. The van der Waals surface area contributed by atoms with Crippen LogP contribution < -0.4 is 20.7 Å². The Bertz CT molecular complexity index is 1250. The zero-order valence-corrected chi connectivity index (χ0v) is 18.8. The number of rotatable bonds is 7. The highest BCUT2D eigenvalue weighted by Gasteiger charge is 2.33. The summed E-state index contributed by atoms with van der Waals surface area (Å²) >= 11 is 5.55. The molecule has 0 atom stereocenters. The van der Waals surface area contributed by atoms with Crippen LogP contribution in [-0.2, 0) is 15.8 Å². The van der Waals surface area contributed by atoms with Gasteiger partial charge in [-0.15, -0.1) is 0 Å². The number of nitrogens with one attached hydrogen (secondary N) is 3. The lowest BCUT2D eigenvalue weighted by molar-refractivity contribution is -0.137. The topological polar surface area (TPSA) is 109 Å². The largest absolute Gasteiger partial charge is 0.457 e. The molecule has 3 amide bonds. The summed E-state index contributed by atoms with van der Waals surface area (Å²) in [5, 5.41) is 6.70. The second-order valence-corrected chi connectivity index (χ2v) is 7.46.